The van der Waals surface area contributed by atoms with Crippen LogP contribution < -0.4 is 10.1 Å². The SMILES string of the molecule is CCCNCC(CC)N1CCOc2ccccc2C1. The lowest BCUT2D eigenvalue weighted by Crippen LogP contribution is -2.42. The van der Waals surface area contributed by atoms with Crippen molar-refractivity contribution in [1.82, 2.24) is 10.2 Å². The summed E-state index contributed by atoms with van der Waals surface area (Å²) >= 11 is 0. The highest BCUT2D eigenvalue weighted by molar-refractivity contribution is 5.33. The van der Waals surface area contributed by atoms with Gasteiger partial charge in [0.05, 0.1) is 0 Å². The molecular weight excluding hydrogens is 236 g/mol. The molecule has 1 heterocycles. The van der Waals surface area contributed by atoms with E-state index in [1.54, 1.807) is 0 Å². The molecule has 0 saturated heterocycles. The number of nitrogens with one attached hydrogen (secondary N) is 1. The van der Waals surface area contributed by atoms with Crippen molar-refractivity contribution in [2.24, 2.45) is 0 Å². The lowest BCUT2D eigenvalue weighted by Gasteiger charge is -2.29. The first-order chi connectivity index (χ1) is 9.35. The minimum atomic E-state index is 0.598. The quantitative estimate of drug-likeness (QED) is 0.798. The van der Waals surface area contributed by atoms with E-state index >= 15 is 0 Å². The average molecular weight is 262 g/mol. The Morgan fingerprint density at radius 2 is 2.16 bits per heavy atom. The van der Waals surface area contributed by atoms with E-state index in [0.29, 0.717) is 6.04 Å². The second-order valence-electron chi connectivity index (χ2n) is 5.19. The minimum absolute atomic E-state index is 0.598. The van der Waals surface area contributed by atoms with Crippen LogP contribution >= 0.6 is 0 Å². The van der Waals surface area contributed by atoms with Crippen molar-refractivity contribution in [1.29, 1.82) is 0 Å². The van der Waals surface area contributed by atoms with Gasteiger partial charge in [-0.2, -0.15) is 0 Å². The first-order valence-corrected chi connectivity index (χ1v) is 7.50. The second-order valence-corrected chi connectivity index (χ2v) is 5.19. The standard InChI is InChI=1S/C16H26N2O/c1-3-9-17-12-15(4-2)18-10-11-19-16-8-6-5-7-14(16)13-18/h5-8,15,17H,3-4,9-13H2,1-2H3. The predicted octanol–water partition coefficient (Wildman–Crippen LogP) is 2.66. The van der Waals surface area contributed by atoms with Crippen molar-refractivity contribution in [2.45, 2.75) is 39.3 Å². The molecule has 19 heavy (non-hydrogen) atoms. The smallest absolute Gasteiger partial charge is 0.123 e. The van der Waals surface area contributed by atoms with Crippen LogP contribution in [0.15, 0.2) is 24.3 Å². The summed E-state index contributed by atoms with van der Waals surface area (Å²) in [6.45, 7) is 9.48. The fourth-order valence-corrected chi connectivity index (χ4v) is 2.63. The number of ether oxygens (including phenoxy) is 1. The molecule has 0 saturated carbocycles. The maximum absolute atomic E-state index is 5.84. The topological polar surface area (TPSA) is 24.5 Å². The Morgan fingerprint density at radius 1 is 1.32 bits per heavy atom. The molecule has 3 heteroatoms. The Morgan fingerprint density at radius 3 is 2.95 bits per heavy atom. The van der Waals surface area contributed by atoms with Gasteiger partial charge in [-0.05, 0) is 25.5 Å². The van der Waals surface area contributed by atoms with Gasteiger partial charge < -0.3 is 10.1 Å². The zero-order valence-corrected chi connectivity index (χ0v) is 12.2. The molecule has 1 aliphatic rings. The van der Waals surface area contributed by atoms with E-state index in [1.807, 2.05) is 0 Å². The van der Waals surface area contributed by atoms with Gasteiger partial charge >= 0.3 is 0 Å². The van der Waals surface area contributed by atoms with Crippen molar-refractivity contribution >= 4 is 0 Å². The highest BCUT2D eigenvalue weighted by Crippen LogP contribution is 2.23. The van der Waals surface area contributed by atoms with Crippen LogP contribution in [0.25, 0.3) is 0 Å². The Labute approximate surface area is 116 Å². The third-order valence-corrected chi connectivity index (χ3v) is 3.78. The van der Waals surface area contributed by atoms with E-state index in [0.717, 1.165) is 38.5 Å². The van der Waals surface area contributed by atoms with E-state index in [-0.39, 0.29) is 0 Å². The molecule has 0 spiro atoms. The van der Waals surface area contributed by atoms with Crippen LogP contribution in [-0.2, 0) is 6.54 Å². The third kappa shape index (κ3) is 3.95. The van der Waals surface area contributed by atoms with Crippen LogP contribution in [0, 0.1) is 0 Å². The maximum atomic E-state index is 5.84. The van der Waals surface area contributed by atoms with E-state index in [9.17, 15) is 0 Å². The van der Waals surface area contributed by atoms with E-state index in [1.165, 1.54) is 18.4 Å². The number of para-hydroxylation sites is 1. The van der Waals surface area contributed by atoms with Crippen molar-refractivity contribution in [3.8, 4) is 5.75 Å². The summed E-state index contributed by atoms with van der Waals surface area (Å²) in [5.41, 5.74) is 1.31. The van der Waals surface area contributed by atoms with Gasteiger partial charge in [-0.3, -0.25) is 4.90 Å². The molecular formula is C16H26N2O. The van der Waals surface area contributed by atoms with Gasteiger partial charge in [0, 0.05) is 31.2 Å². The van der Waals surface area contributed by atoms with Crippen molar-refractivity contribution in [3.63, 3.8) is 0 Å². The Hall–Kier alpha value is -1.06. The van der Waals surface area contributed by atoms with Gasteiger partial charge in [0.1, 0.15) is 12.4 Å². The van der Waals surface area contributed by atoms with E-state index < -0.39 is 0 Å². The molecule has 0 radical (unpaired) electrons. The number of hydrogen-bond donors (Lipinski definition) is 1. The lowest BCUT2D eigenvalue weighted by atomic mass is 10.1. The van der Waals surface area contributed by atoms with Gasteiger partial charge in [-0.1, -0.05) is 32.0 Å². The van der Waals surface area contributed by atoms with Crippen LogP contribution in [0.2, 0.25) is 0 Å². The Bertz CT molecular complexity index is 381. The van der Waals surface area contributed by atoms with Gasteiger partial charge in [-0.25, -0.2) is 0 Å². The molecule has 0 amide bonds. The number of rotatable bonds is 6. The van der Waals surface area contributed by atoms with Crippen LogP contribution in [0.3, 0.4) is 0 Å². The highest BCUT2D eigenvalue weighted by Gasteiger charge is 2.20. The van der Waals surface area contributed by atoms with Crippen LogP contribution in [0.5, 0.6) is 5.75 Å². The van der Waals surface area contributed by atoms with E-state index in [4.69, 9.17) is 4.74 Å². The second kappa shape index (κ2) is 7.51. The molecule has 1 aromatic carbocycles. The maximum Gasteiger partial charge on any atom is 0.123 e. The molecule has 0 bridgehead atoms. The molecule has 1 aromatic rings. The van der Waals surface area contributed by atoms with Gasteiger partial charge in [0.25, 0.3) is 0 Å². The fourth-order valence-electron chi connectivity index (χ4n) is 2.63. The normalized spacial score (nSPS) is 17.4. The number of nitrogens with zero attached hydrogens (tertiary/aromatic N) is 1. The molecule has 1 atom stereocenters. The number of hydrogen-bond acceptors (Lipinski definition) is 3. The Kier molecular flexibility index (Phi) is 5.67. The summed E-state index contributed by atoms with van der Waals surface area (Å²) in [7, 11) is 0. The summed E-state index contributed by atoms with van der Waals surface area (Å²) in [5, 5.41) is 3.55. The minimum Gasteiger partial charge on any atom is -0.492 e. The lowest BCUT2D eigenvalue weighted by molar-refractivity contribution is 0.161. The molecule has 0 fully saturated rings. The molecule has 3 nitrogen and oxygen atoms in total. The summed E-state index contributed by atoms with van der Waals surface area (Å²) in [4.78, 5) is 2.55. The molecule has 2 rings (SSSR count). The van der Waals surface area contributed by atoms with Crippen molar-refractivity contribution in [3.05, 3.63) is 29.8 Å². The van der Waals surface area contributed by atoms with Crippen LogP contribution in [-0.4, -0.2) is 37.2 Å². The largest absolute Gasteiger partial charge is 0.492 e. The van der Waals surface area contributed by atoms with Gasteiger partial charge in [0.15, 0.2) is 0 Å². The Balaban J connectivity index is 1.99. The zero-order chi connectivity index (χ0) is 13.5. The zero-order valence-electron chi connectivity index (χ0n) is 12.2. The van der Waals surface area contributed by atoms with Gasteiger partial charge in [-0.15, -0.1) is 0 Å². The summed E-state index contributed by atoms with van der Waals surface area (Å²) in [6, 6.07) is 9.01. The third-order valence-electron chi connectivity index (χ3n) is 3.78. The molecule has 0 aromatic heterocycles. The number of fused-ring (bicyclic) bond motifs is 1. The molecule has 1 aliphatic heterocycles. The van der Waals surface area contributed by atoms with Crippen LogP contribution in [0.1, 0.15) is 32.3 Å². The van der Waals surface area contributed by atoms with E-state index in [2.05, 4.69) is 48.3 Å². The molecule has 1 unspecified atom stereocenters. The monoisotopic (exact) mass is 262 g/mol. The highest BCUT2D eigenvalue weighted by atomic mass is 16.5. The molecule has 106 valence electrons. The number of benzene rings is 1. The summed E-state index contributed by atoms with van der Waals surface area (Å²) in [5.74, 6) is 1.06. The van der Waals surface area contributed by atoms with Crippen molar-refractivity contribution in [2.75, 3.05) is 26.2 Å². The summed E-state index contributed by atoms with van der Waals surface area (Å²) in [6.07, 6.45) is 2.38. The first kappa shape index (κ1) is 14.4. The predicted molar refractivity (Wildman–Crippen MR) is 79.6 cm³/mol. The molecule has 1 N–H and O–H groups in total. The van der Waals surface area contributed by atoms with Crippen molar-refractivity contribution < 1.29 is 4.74 Å². The van der Waals surface area contributed by atoms with Crippen LogP contribution in [0.4, 0.5) is 0 Å². The first-order valence-electron chi connectivity index (χ1n) is 7.50. The summed E-state index contributed by atoms with van der Waals surface area (Å²) < 4.78 is 5.84. The fraction of sp³-hybridized carbons (Fsp3) is 0.625. The van der Waals surface area contributed by atoms with Gasteiger partial charge in [0.2, 0.25) is 0 Å². The molecule has 0 aliphatic carbocycles. The average Bonchev–Trinajstić information content (AvgIpc) is 2.66.